The van der Waals surface area contributed by atoms with Gasteiger partial charge in [0.1, 0.15) is 17.8 Å². The molecule has 0 aliphatic heterocycles. The van der Waals surface area contributed by atoms with E-state index in [2.05, 4.69) is 20.9 Å². The molecule has 1 unspecified atom stereocenters. The first-order chi connectivity index (χ1) is 9.11. The Bertz CT molecular complexity index is 568. The molecule has 0 bridgehead atoms. The second-order valence-corrected chi connectivity index (χ2v) is 4.61. The van der Waals surface area contributed by atoms with E-state index >= 15 is 0 Å². The van der Waals surface area contributed by atoms with Crippen LogP contribution in [0.15, 0.2) is 34.9 Å². The number of hydrogen-bond acceptors (Lipinski definition) is 4. The zero-order valence-electron chi connectivity index (χ0n) is 10.1. The quantitative estimate of drug-likeness (QED) is 0.637. The zero-order chi connectivity index (χ0) is 13.8. The molecule has 0 amide bonds. The minimum absolute atomic E-state index is 0.295. The monoisotopic (exact) mass is 327 g/mol. The highest BCUT2D eigenvalue weighted by Gasteiger charge is 2.22. The molecule has 2 rings (SSSR count). The molecule has 4 nitrogen and oxygen atoms in total. The van der Waals surface area contributed by atoms with Crippen LogP contribution in [0.25, 0.3) is 11.5 Å². The van der Waals surface area contributed by atoms with Crippen LogP contribution in [0.4, 0.5) is 4.39 Å². The zero-order valence-corrected chi connectivity index (χ0v) is 11.7. The van der Waals surface area contributed by atoms with Crippen LogP contribution in [0.3, 0.4) is 0 Å². The number of hydrogen-bond donors (Lipinski definition) is 0. The first kappa shape index (κ1) is 13.7. The summed E-state index contributed by atoms with van der Waals surface area (Å²) in [6.45, 7) is 2.02. The van der Waals surface area contributed by atoms with Gasteiger partial charge in [-0.2, -0.15) is 0 Å². The van der Waals surface area contributed by atoms with Crippen molar-refractivity contribution in [1.82, 2.24) is 4.98 Å². The molecule has 0 aliphatic rings. The highest BCUT2D eigenvalue weighted by atomic mass is 79.9. The van der Waals surface area contributed by atoms with Gasteiger partial charge in [0.15, 0.2) is 4.83 Å². The van der Waals surface area contributed by atoms with Crippen LogP contribution >= 0.6 is 15.9 Å². The van der Waals surface area contributed by atoms with Crippen molar-refractivity contribution in [3.05, 3.63) is 42.0 Å². The Kier molecular flexibility index (Phi) is 4.31. The molecule has 1 aromatic carbocycles. The van der Waals surface area contributed by atoms with Crippen molar-refractivity contribution in [2.24, 2.45) is 0 Å². The largest absolute Gasteiger partial charge is 0.465 e. The summed E-state index contributed by atoms with van der Waals surface area (Å²) >= 11 is 3.19. The van der Waals surface area contributed by atoms with Gasteiger partial charge in [0, 0.05) is 5.56 Å². The summed E-state index contributed by atoms with van der Waals surface area (Å²) in [5.41, 5.74) is 1.05. The van der Waals surface area contributed by atoms with Crippen molar-refractivity contribution in [2.45, 2.75) is 11.8 Å². The van der Waals surface area contributed by atoms with Crippen molar-refractivity contribution in [3.63, 3.8) is 0 Å². The highest BCUT2D eigenvalue weighted by molar-refractivity contribution is 9.09. The number of halogens is 2. The van der Waals surface area contributed by atoms with E-state index in [-0.39, 0.29) is 5.82 Å². The first-order valence-corrected chi connectivity index (χ1v) is 6.55. The van der Waals surface area contributed by atoms with E-state index in [9.17, 15) is 9.18 Å². The molecule has 6 heteroatoms. The van der Waals surface area contributed by atoms with Crippen molar-refractivity contribution in [3.8, 4) is 11.5 Å². The molecule has 2 aromatic rings. The van der Waals surface area contributed by atoms with Crippen LogP contribution < -0.4 is 0 Å². The van der Waals surface area contributed by atoms with Crippen LogP contribution in [0.2, 0.25) is 0 Å². The molecule has 100 valence electrons. The maximum absolute atomic E-state index is 12.8. The number of ether oxygens (including phenoxy) is 1. The highest BCUT2D eigenvalue weighted by Crippen LogP contribution is 2.27. The lowest BCUT2D eigenvalue weighted by molar-refractivity contribution is -0.142. The maximum atomic E-state index is 12.8. The summed E-state index contributed by atoms with van der Waals surface area (Å²) in [5, 5.41) is 0. The van der Waals surface area contributed by atoms with Crippen molar-refractivity contribution in [2.75, 3.05) is 6.61 Å². The average Bonchev–Trinajstić information content (AvgIpc) is 2.88. The number of nitrogens with zero attached hydrogens (tertiary/aromatic N) is 1. The summed E-state index contributed by atoms with van der Waals surface area (Å²) in [4.78, 5) is 15.0. The van der Waals surface area contributed by atoms with E-state index in [4.69, 9.17) is 9.15 Å². The molecule has 1 heterocycles. The van der Waals surface area contributed by atoms with E-state index < -0.39 is 10.8 Å². The number of alkyl halides is 1. The van der Waals surface area contributed by atoms with Crippen LogP contribution in [0.1, 0.15) is 17.4 Å². The number of carbonyl (C=O) groups is 1. The number of oxazole rings is 1. The number of benzene rings is 1. The fraction of sp³-hybridized carbons (Fsp3) is 0.231. The predicted octanol–water partition coefficient (Wildman–Crippen LogP) is 3.48. The molecule has 0 N–H and O–H groups in total. The van der Waals surface area contributed by atoms with E-state index in [0.717, 1.165) is 0 Å². The summed E-state index contributed by atoms with van der Waals surface area (Å²) in [5.74, 6) is -0.439. The molecule has 19 heavy (non-hydrogen) atoms. The van der Waals surface area contributed by atoms with Gasteiger partial charge in [0.25, 0.3) is 0 Å². The molecule has 0 radical (unpaired) electrons. The van der Waals surface area contributed by atoms with Gasteiger partial charge < -0.3 is 9.15 Å². The lowest BCUT2D eigenvalue weighted by Crippen LogP contribution is -2.10. The molecule has 1 aromatic heterocycles. The molecule has 0 aliphatic carbocycles. The fourth-order valence-electron chi connectivity index (χ4n) is 1.46. The van der Waals surface area contributed by atoms with Crippen molar-refractivity contribution >= 4 is 21.9 Å². The summed E-state index contributed by atoms with van der Waals surface area (Å²) in [6.07, 6.45) is 1.37. The van der Waals surface area contributed by atoms with Crippen LogP contribution in [0.5, 0.6) is 0 Å². The van der Waals surface area contributed by atoms with Gasteiger partial charge in [-0.15, -0.1) is 0 Å². The summed E-state index contributed by atoms with van der Waals surface area (Å²) < 4.78 is 22.9. The summed E-state index contributed by atoms with van der Waals surface area (Å²) in [6, 6.07) is 5.74. The van der Waals surface area contributed by atoms with E-state index in [1.54, 1.807) is 19.1 Å². The first-order valence-electron chi connectivity index (χ1n) is 5.64. The smallest absolute Gasteiger partial charge is 0.326 e. The standard InChI is InChI=1S/C13H11BrFNO3/c1-2-18-13(17)11(14)10-7-19-12(16-10)8-3-5-9(15)6-4-8/h3-7,11H,2H2,1H3. The van der Waals surface area contributed by atoms with Gasteiger partial charge in [0.2, 0.25) is 5.89 Å². The second kappa shape index (κ2) is 5.97. The van der Waals surface area contributed by atoms with Crippen LogP contribution in [0, 0.1) is 5.82 Å². The van der Waals surface area contributed by atoms with Crippen LogP contribution in [-0.2, 0) is 9.53 Å². The fourth-order valence-corrected chi connectivity index (χ4v) is 1.81. The average molecular weight is 328 g/mol. The topological polar surface area (TPSA) is 52.3 Å². The predicted molar refractivity (Wildman–Crippen MR) is 70.2 cm³/mol. The molecule has 0 fully saturated rings. The molecular weight excluding hydrogens is 317 g/mol. The van der Waals surface area contributed by atoms with Gasteiger partial charge in [-0.05, 0) is 31.2 Å². The Morgan fingerprint density at radius 1 is 1.47 bits per heavy atom. The minimum atomic E-state index is -0.676. The minimum Gasteiger partial charge on any atom is -0.465 e. The summed E-state index contributed by atoms with van der Waals surface area (Å²) in [7, 11) is 0. The second-order valence-electron chi connectivity index (χ2n) is 3.70. The Labute approximate surface area is 117 Å². The lowest BCUT2D eigenvalue weighted by atomic mass is 10.2. The number of rotatable bonds is 4. The van der Waals surface area contributed by atoms with Crippen LogP contribution in [-0.4, -0.2) is 17.6 Å². The van der Waals surface area contributed by atoms with Gasteiger partial charge in [0.05, 0.1) is 6.61 Å². The van der Waals surface area contributed by atoms with Gasteiger partial charge >= 0.3 is 5.97 Å². The Morgan fingerprint density at radius 2 is 2.16 bits per heavy atom. The van der Waals surface area contributed by atoms with Crippen molar-refractivity contribution in [1.29, 1.82) is 0 Å². The van der Waals surface area contributed by atoms with Gasteiger partial charge in [-0.3, -0.25) is 4.79 Å². The number of carbonyl (C=O) groups excluding carboxylic acids is 1. The van der Waals surface area contributed by atoms with Gasteiger partial charge in [-0.25, -0.2) is 9.37 Å². The Balaban J connectivity index is 2.19. The number of aromatic nitrogens is 1. The van der Waals surface area contributed by atoms with E-state index in [1.807, 2.05) is 0 Å². The third-order valence-electron chi connectivity index (χ3n) is 2.37. The molecule has 1 atom stereocenters. The van der Waals surface area contributed by atoms with E-state index in [0.29, 0.717) is 23.8 Å². The third-order valence-corrected chi connectivity index (χ3v) is 3.21. The molecule has 0 spiro atoms. The lowest BCUT2D eigenvalue weighted by Gasteiger charge is -2.04. The van der Waals surface area contributed by atoms with Gasteiger partial charge in [-0.1, -0.05) is 15.9 Å². The number of esters is 1. The Morgan fingerprint density at radius 3 is 2.79 bits per heavy atom. The van der Waals surface area contributed by atoms with E-state index in [1.165, 1.54) is 18.4 Å². The molecule has 0 saturated heterocycles. The maximum Gasteiger partial charge on any atom is 0.326 e. The molecular formula is C13H11BrFNO3. The Hall–Kier alpha value is -1.69. The van der Waals surface area contributed by atoms with Crippen molar-refractivity contribution < 1.29 is 18.3 Å². The third kappa shape index (κ3) is 3.20. The SMILES string of the molecule is CCOC(=O)C(Br)c1coc(-c2ccc(F)cc2)n1. The normalized spacial score (nSPS) is 12.2. The molecule has 0 saturated carbocycles.